The molecule has 2 fully saturated rings. The summed E-state index contributed by atoms with van der Waals surface area (Å²) in [5.41, 5.74) is 0.327. The lowest BCUT2D eigenvalue weighted by atomic mass is 9.72. The van der Waals surface area contributed by atoms with Gasteiger partial charge in [-0.3, -0.25) is 9.59 Å². The molecule has 3 heterocycles. The molecule has 3 N–H and O–H groups in total. The minimum atomic E-state index is -1.03. The number of fused-ring (bicyclic) bond motifs is 1. The van der Waals surface area contributed by atoms with E-state index in [9.17, 15) is 19.5 Å². The molecule has 3 amide bonds. The summed E-state index contributed by atoms with van der Waals surface area (Å²) in [4.78, 5) is 44.8. The van der Waals surface area contributed by atoms with E-state index in [0.717, 1.165) is 16.5 Å². The van der Waals surface area contributed by atoms with Crippen LogP contribution in [0.4, 0.5) is 4.79 Å². The van der Waals surface area contributed by atoms with Gasteiger partial charge in [-0.2, -0.15) is 0 Å². The second-order valence-electron chi connectivity index (χ2n) is 12.1. The Hall–Kier alpha value is -3.07. The number of aliphatic hydroxyl groups is 1. The highest BCUT2D eigenvalue weighted by atomic mass is 16.6. The molecule has 0 saturated carbocycles. The molecular weight excluding hydrogens is 460 g/mol. The molecule has 1 aromatic carbocycles. The van der Waals surface area contributed by atoms with Crippen LogP contribution in [0.5, 0.6) is 0 Å². The molecule has 9 heteroatoms. The standard InChI is InChI=1S/C27H38N4O5/c1-25(2,3)36-24(34)29-19(10-18-13-28-21-9-7-6-8-20(18)21)11-22(32)30-14-27(15-30)16-31(17-27)23(33)12-26(4,5)35/h6-9,13,19,28,35H,10-12,14-17H2,1-5H3,(H,29,34)/t19-/m1/s1. The Labute approximate surface area is 212 Å². The first-order chi connectivity index (χ1) is 16.7. The maximum atomic E-state index is 13.1. The van der Waals surface area contributed by atoms with Crippen molar-refractivity contribution >= 4 is 28.8 Å². The van der Waals surface area contributed by atoms with Crippen LogP contribution in [0.15, 0.2) is 30.5 Å². The number of aromatic amines is 1. The molecule has 2 saturated heterocycles. The highest BCUT2D eigenvalue weighted by Crippen LogP contribution is 2.40. The first kappa shape index (κ1) is 26.0. The van der Waals surface area contributed by atoms with Crippen molar-refractivity contribution in [3.05, 3.63) is 36.0 Å². The van der Waals surface area contributed by atoms with Crippen LogP contribution in [-0.2, 0) is 20.7 Å². The lowest BCUT2D eigenvalue weighted by molar-refractivity contribution is -0.170. The summed E-state index contributed by atoms with van der Waals surface area (Å²) < 4.78 is 5.45. The van der Waals surface area contributed by atoms with Gasteiger partial charge >= 0.3 is 6.09 Å². The molecule has 0 unspecified atom stereocenters. The van der Waals surface area contributed by atoms with Gasteiger partial charge in [0.2, 0.25) is 11.8 Å². The minimum absolute atomic E-state index is 0.0252. The molecule has 9 nitrogen and oxygen atoms in total. The van der Waals surface area contributed by atoms with Crippen LogP contribution in [0.2, 0.25) is 0 Å². The second kappa shape index (κ2) is 9.42. The Balaban J connectivity index is 1.35. The lowest BCUT2D eigenvalue weighted by Gasteiger charge is -2.60. The van der Waals surface area contributed by atoms with Crippen molar-refractivity contribution in [3.63, 3.8) is 0 Å². The van der Waals surface area contributed by atoms with Crippen molar-refractivity contribution in [1.29, 1.82) is 0 Å². The van der Waals surface area contributed by atoms with Gasteiger partial charge < -0.3 is 29.9 Å². The molecule has 2 aliphatic heterocycles. The van der Waals surface area contributed by atoms with Gasteiger partial charge in [-0.25, -0.2) is 4.79 Å². The van der Waals surface area contributed by atoms with Crippen LogP contribution in [-0.4, -0.2) is 81.2 Å². The summed E-state index contributed by atoms with van der Waals surface area (Å²) in [6.07, 6.45) is 2.13. The van der Waals surface area contributed by atoms with Gasteiger partial charge in [0, 0.05) is 61.2 Å². The monoisotopic (exact) mass is 498 g/mol. The van der Waals surface area contributed by atoms with E-state index in [0.29, 0.717) is 32.6 Å². The number of aromatic nitrogens is 1. The number of carbonyl (C=O) groups excluding carboxylic acids is 3. The molecule has 0 aliphatic carbocycles. The summed E-state index contributed by atoms with van der Waals surface area (Å²) in [5.74, 6) is -0.0824. The first-order valence-corrected chi connectivity index (χ1v) is 12.5. The molecule has 36 heavy (non-hydrogen) atoms. The van der Waals surface area contributed by atoms with Crippen LogP contribution >= 0.6 is 0 Å². The number of hydrogen-bond donors (Lipinski definition) is 3. The van der Waals surface area contributed by atoms with E-state index in [1.807, 2.05) is 30.5 Å². The molecule has 1 atom stereocenters. The summed E-state index contributed by atoms with van der Waals surface area (Å²) >= 11 is 0. The molecule has 2 aromatic rings. The normalized spacial score (nSPS) is 17.9. The predicted molar refractivity (Wildman–Crippen MR) is 136 cm³/mol. The molecule has 4 rings (SSSR count). The Morgan fingerprint density at radius 3 is 2.28 bits per heavy atom. The molecule has 196 valence electrons. The number of ether oxygens (including phenoxy) is 1. The number of likely N-dealkylation sites (tertiary alicyclic amines) is 2. The van der Waals surface area contributed by atoms with Crippen molar-refractivity contribution < 1.29 is 24.2 Å². The van der Waals surface area contributed by atoms with Gasteiger partial charge in [-0.15, -0.1) is 0 Å². The smallest absolute Gasteiger partial charge is 0.407 e. The third-order valence-corrected chi connectivity index (χ3v) is 6.68. The number of nitrogens with zero attached hydrogens (tertiary/aromatic N) is 2. The molecule has 1 aromatic heterocycles. The summed E-state index contributed by atoms with van der Waals surface area (Å²) in [5, 5.41) is 13.9. The predicted octanol–water partition coefficient (Wildman–Crippen LogP) is 2.83. The number of benzene rings is 1. The van der Waals surface area contributed by atoms with Gasteiger partial charge in [0.05, 0.1) is 12.0 Å². The zero-order chi connectivity index (χ0) is 26.3. The van der Waals surface area contributed by atoms with Gasteiger partial charge in [-0.1, -0.05) is 18.2 Å². The third-order valence-electron chi connectivity index (χ3n) is 6.68. The maximum absolute atomic E-state index is 13.1. The van der Waals surface area contributed by atoms with E-state index < -0.39 is 23.3 Å². The zero-order valence-electron chi connectivity index (χ0n) is 21.9. The first-order valence-electron chi connectivity index (χ1n) is 12.5. The van der Waals surface area contributed by atoms with E-state index in [-0.39, 0.29) is 30.1 Å². The van der Waals surface area contributed by atoms with Crippen LogP contribution in [0.25, 0.3) is 10.9 Å². The molecule has 1 spiro atoms. The minimum Gasteiger partial charge on any atom is -0.444 e. The fourth-order valence-electron chi connectivity index (χ4n) is 5.12. The van der Waals surface area contributed by atoms with Crippen molar-refractivity contribution in [3.8, 4) is 0 Å². The number of alkyl carbamates (subject to hydrolysis) is 1. The maximum Gasteiger partial charge on any atom is 0.407 e. The fourth-order valence-corrected chi connectivity index (χ4v) is 5.12. The lowest BCUT2D eigenvalue weighted by Crippen LogP contribution is -2.74. The van der Waals surface area contributed by atoms with E-state index in [2.05, 4.69) is 10.3 Å². The number of hydrogen-bond acceptors (Lipinski definition) is 5. The largest absolute Gasteiger partial charge is 0.444 e. The van der Waals surface area contributed by atoms with E-state index in [1.54, 1.807) is 44.4 Å². The van der Waals surface area contributed by atoms with E-state index in [1.165, 1.54) is 0 Å². The Kier molecular flexibility index (Phi) is 6.81. The fraction of sp³-hybridized carbons (Fsp3) is 0.593. The summed E-state index contributed by atoms with van der Waals surface area (Å²) in [6, 6.07) is 7.52. The Bertz CT molecular complexity index is 1130. The Morgan fingerprint density at radius 2 is 1.67 bits per heavy atom. The highest BCUT2D eigenvalue weighted by Gasteiger charge is 2.54. The van der Waals surface area contributed by atoms with Crippen LogP contribution in [0, 0.1) is 5.41 Å². The summed E-state index contributed by atoms with van der Waals surface area (Å²) in [6.45, 7) is 11.1. The molecule has 0 radical (unpaired) electrons. The number of carbonyl (C=O) groups is 3. The van der Waals surface area contributed by atoms with Crippen molar-refractivity contribution in [2.75, 3.05) is 26.2 Å². The SMILES string of the molecule is CC(C)(O)CC(=O)N1CC2(CN(C(=O)C[C@@H](Cc3c[nH]c4ccccc34)NC(=O)OC(C)(C)C)C2)C1. The van der Waals surface area contributed by atoms with Gasteiger partial charge in [0.1, 0.15) is 5.60 Å². The number of H-pyrrole nitrogens is 1. The van der Waals surface area contributed by atoms with Crippen LogP contribution in [0.3, 0.4) is 0 Å². The van der Waals surface area contributed by atoms with E-state index in [4.69, 9.17) is 4.74 Å². The average molecular weight is 499 g/mol. The van der Waals surface area contributed by atoms with Gasteiger partial charge in [0.25, 0.3) is 0 Å². The number of amides is 3. The number of rotatable bonds is 7. The third kappa shape index (κ3) is 6.19. The van der Waals surface area contributed by atoms with Crippen molar-refractivity contribution in [2.45, 2.75) is 71.1 Å². The van der Waals surface area contributed by atoms with Crippen molar-refractivity contribution in [1.82, 2.24) is 20.1 Å². The zero-order valence-corrected chi connectivity index (χ0v) is 21.9. The topological polar surface area (TPSA) is 115 Å². The van der Waals surface area contributed by atoms with Crippen LogP contribution in [0.1, 0.15) is 53.0 Å². The highest BCUT2D eigenvalue weighted by molar-refractivity contribution is 5.84. The Morgan fingerprint density at radius 1 is 1.06 bits per heavy atom. The molecule has 2 aliphatic rings. The number of para-hydroxylation sites is 1. The second-order valence-corrected chi connectivity index (χ2v) is 12.1. The summed E-state index contributed by atoms with van der Waals surface area (Å²) in [7, 11) is 0. The number of nitrogens with one attached hydrogen (secondary N) is 2. The van der Waals surface area contributed by atoms with Crippen LogP contribution < -0.4 is 5.32 Å². The quantitative estimate of drug-likeness (QED) is 0.543. The van der Waals surface area contributed by atoms with Gasteiger partial charge in [0.15, 0.2) is 0 Å². The van der Waals surface area contributed by atoms with E-state index >= 15 is 0 Å². The average Bonchev–Trinajstić information content (AvgIpc) is 3.05. The van der Waals surface area contributed by atoms with Crippen molar-refractivity contribution in [2.24, 2.45) is 5.41 Å². The van der Waals surface area contributed by atoms with Gasteiger partial charge in [-0.05, 0) is 52.7 Å². The molecule has 0 bridgehead atoms. The molecular formula is C27H38N4O5.